The molecule has 0 unspecified atom stereocenters. The molecule has 2 rings (SSSR count). The van der Waals surface area contributed by atoms with Gasteiger partial charge >= 0.3 is 11.8 Å². The summed E-state index contributed by atoms with van der Waals surface area (Å²) in [5, 5.41) is 6.88. The third-order valence-corrected chi connectivity index (χ3v) is 2.70. The van der Waals surface area contributed by atoms with E-state index in [1.165, 1.54) is 11.3 Å². The highest BCUT2D eigenvalue weighted by atomic mass is 32.1. The summed E-state index contributed by atoms with van der Waals surface area (Å²) in [6, 6.07) is 3.47. The molecule has 0 saturated carbocycles. The number of aryl methyl sites for hydroxylation is 1. The van der Waals surface area contributed by atoms with Crippen LogP contribution in [0.3, 0.4) is 0 Å². The Bertz CT molecular complexity index is 568. The Morgan fingerprint density at radius 1 is 1.17 bits per heavy atom. The van der Waals surface area contributed by atoms with Gasteiger partial charge in [0.2, 0.25) is 0 Å². The van der Waals surface area contributed by atoms with E-state index < -0.39 is 11.8 Å². The molecule has 2 N–H and O–H groups in total. The van der Waals surface area contributed by atoms with Gasteiger partial charge in [-0.05, 0) is 24.6 Å². The summed E-state index contributed by atoms with van der Waals surface area (Å²) in [4.78, 5) is 30.9. The Labute approximate surface area is 107 Å². The Morgan fingerprint density at radius 3 is 2.61 bits per heavy atom. The Balaban J connectivity index is 1.97. The second-order valence-electron chi connectivity index (χ2n) is 3.46. The van der Waals surface area contributed by atoms with Gasteiger partial charge in [-0.3, -0.25) is 14.9 Å². The van der Waals surface area contributed by atoms with Crippen molar-refractivity contribution in [1.29, 1.82) is 0 Å². The largest absolute Gasteiger partial charge is 0.315 e. The van der Waals surface area contributed by atoms with Crippen LogP contribution in [0.5, 0.6) is 0 Å². The van der Waals surface area contributed by atoms with Gasteiger partial charge in [-0.1, -0.05) is 0 Å². The molecule has 0 aliphatic carbocycles. The quantitative estimate of drug-likeness (QED) is 0.802. The predicted octanol–water partition coefficient (Wildman–Crippen LogP) is 1.42. The second kappa shape index (κ2) is 5.37. The van der Waals surface area contributed by atoms with E-state index in [0.29, 0.717) is 10.9 Å². The Hall–Kier alpha value is -2.28. The van der Waals surface area contributed by atoms with Crippen LogP contribution >= 0.6 is 11.3 Å². The molecule has 0 atom stereocenters. The van der Waals surface area contributed by atoms with Crippen molar-refractivity contribution in [1.82, 2.24) is 9.97 Å². The van der Waals surface area contributed by atoms with E-state index in [1.807, 2.05) is 6.92 Å². The third kappa shape index (κ3) is 3.11. The molecule has 0 aliphatic heterocycles. The molecule has 0 spiro atoms. The van der Waals surface area contributed by atoms with Crippen molar-refractivity contribution < 1.29 is 9.59 Å². The van der Waals surface area contributed by atoms with Gasteiger partial charge in [0.05, 0.1) is 0 Å². The number of rotatable bonds is 2. The van der Waals surface area contributed by atoms with E-state index in [-0.39, 0.29) is 0 Å². The number of hydrogen-bond acceptors (Lipinski definition) is 5. The molecule has 92 valence electrons. The van der Waals surface area contributed by atoms with E-state index in [9.17, 15) is 9.59 Å². The zero-order chi connectivity index (χ0) is 13.0. The SMILES string of the molecule is Cc1ccnc(NC(=O)C(=O)Nc2nccs2)c1. The van der Waals surface area contributed by atoms with Crippen molar-refractivity contribution in [2.24, 2.45) is 0 Å². The summed E-state index contributed by atoms with van der Waals surface area (Å²) in [5.41, 5.74) is 0.945. The average Bonchev–Trinajstić information content (AvgIpc) is 2.81. The van der Waals surface area contributed by atoms with E-state index in [2.05, 4.69) is 20.6 Å². The zero-order valence-corrected chi connectivity index (χ0v) is 10.3. The first kappa shape index (κ1) is 12.2. The average molecular weight is 262 g/mol. The summed E-state index contributed by atoms with van der Waals surface area (Å²) in [6.07, 6.45) is 3.10. The van der Waals surface area contributed by atoms with Crippen molar-refractivity contribution in [3.63, 3.8) is 0 Å². The van der Waals surface area contributed by atoms with Crippen molar-refractivity contribution in [3.8, 4) is 0 Å². The number of aromatic nitrogens is 2. The number of pyridine rings is 1. The summed E-state index contributed by atoms with van der Waals surface area (Å²) >= 11 is 1.24. The van der Waals surface area contributed by atoms with E-state index in [1.54, 1.807) is 29.9 Å². The van der Waals surface area contributed by atoms with Crippen LogP contribution in [0.2, 0.25) is 0 Å². The van der Waals surface area contributed by atoms with Gasteiger partial charge in [-0.25, -0.2) is 9.97 Å². The Morgan fingerprint density at radius 2 is 1.94 bits per heavy atom. The molecule has 6 nitrogen and oxygen atoms in total. The van der Waals surface area contributed by atoms with Gasteiger partial charge in [-0.15, -0.1) is 11.3 Å². The van der Waals surface area contributed by atoms with E-state index in [4.69, 9.17) is 0 Å². The fourth-order valence-corrected chi connectivity index (χ4v) is 1.74. The lowest BCUT2D eigenvalue weighted by Crippen LogP contribution is -2.29. The lowest BCUT2D eigenvalue weighted by Gasteiger charge is -2.04. The number of carbonyl (C=O) groups is 2. The van der Waals surface area contributed by atoms with Gasteiger partial charge in [0.15, 0.2) is 5.13 Å². The summed E-state index contributed by atoms with van der Waals surface area (Å²) in [7, 11) is 0. The molecule has 2 amide bonds. The number of nitrogens with zero attached hydrogens (tertiary/aromatic N) is 2. The van der Waals surface area contributed by atoms with Gasteiger partial charge in [0.25, 0.3) is 0 Å². The van der Waals surface area contributed by atoms with E-state index in [0.717, 1.165) is 5.56 Å². The Kier molecular flexibility index (Phi) is 3.63. The zero-order valence-electron chi connectivity index (χ0n) is 9.51. The minimum atomic E-state index is -0.775. The smallest absolute Gasteiger partial charge is 0.302 e. The number of amides is 2. The van der Waals surface area contributed by atoms with Crippen LogP contribution < -0.4 is 10.6 Å². The second-order valence-corrected chi connectivity index (χ2v) is 4.36. The van der Waals surface area contributed by atoms with Gasteiger partial charge in [0.1, 0.15) is 5.82 Å². The molecule has 0 radical (unpaired) electrons. The summed E-state index contributed by atoms with van der Waals surface area (Å²) in [5.74, 6) is -1.20. The topological polar surface area (TPSA) is 84.0 Å². The number of thiazole rings is 1. The third-order valence-electron chi connectivity index (χ3n) is 2.02. The molecule has 18 heavy (non-hydrogen) atoms. The molecular formula is C11H10N4O2S. The minimum Gasteiger partial charge on any atom is -0.302 e. The van der Waals surface area contributed by atoms with Gasteiger partial charge in [-0.2, -0.15) is 0 Å². The first-order valence-electron chi connectivity index (χ1n) is 5.09. The van der Waals surface area contributed by atoms with Crippen molar-refractivity contribution in [2.75, 3.05) is 10.6 Å². The maximum absolute atomic E-state index is 11.6. The molecule has 0 aromatic carbocycles. The molecule has 7 heteroatoms. The van der Waals surface area contributed by atoms with Crippen molar-refractivity contribution >= 4 is 34.1 Å². The number of anilines is 2. The highest BCUT2D eigenvalue weighted by Crippen LogP contribution is 2.10. The van der Waals surface area contributed by atoms with Crippen molar-refractivity contribution in [2.45, 2.75) is 6.92 Å². The van der Waals surface area contributed by atoms with Crippen molar-refractivity contribution in [3.05, 3.63) is 35.5 Å². The molecule has 2 heterocycles. The molecule has 2 aromatic heterocycles. The lowest BCUT2D eigenvalue weighted by molar-refractivity contribution is -0.133. The summed E-state index contributed by atoms with van der Waals surface area (Å²) < 4.78 is 0. The standard InChI is InChI=1S/C11H10N4O2S/c1-7-2-3-12-8(6-7)14-9(16)10(17)15-11-13-4-5-18-11/h2-6H,1H3,(H,12,14,16)(H,13,15,17). The highest BCUT2D eigenvalue weighted by Gasteiger charge is 2.15. The van der Waals surface area contributed by atoms with Crippen LogP contribution in [0.1, 0.15) is 5.56 Å². The van der Waals surface area contributed by atoms with Crippen LogP contribution in [0, 0.1) is 6.92 Å². The minimum absolute atomic E-state index is 0.342. The maximum Gasteiger partial charge on any atom is 0.315 e. The number of carbonyl (C=O) groups excluding carboxylic acids is 2. The van der Waals surface area contributed by atoms with Crippen LogP contribution in [-0.4, -0.2) is 21.8 Å². The normalized spacial score (nSPS) is 9.83. The molecule has 0 saturated heterocycles. The fourth-order valence-electron chi connectivity index (χ4n) is 1.22. The highest BCUT2D eigenvalue weighted by molar-refractivity contribution is 7.13. The number of nitrogens with one attached hydrogen (secondary N) is 2. The van der Waals surface area contributed by atoms with Crippen LogP contribution in [0.4, 0.5) is 10.9 Å². The first-order chi connectivity index (χ1) is 8.65. The first-order valence-corrected chi connectivity index (χ1v) is 5.97. The van der Waals surface area contributed by atoms with Gasteiger partial charge < -0.3 is 5.32 Å². The maximum atomic E-state index is 11.6. The fraction of sp³-hybridized carbons (Fsp3) is 0.0909. The molecular weight excluding hydrogens is 252 g/mol. The van der Waals surface area contributed by atoms with Crippen LogP contribution in [-0.2, 0) is 9.59 Å². The lowest BCUT2D eigenvalue weighted by atomic mass is 10.3. The monoisotopic (exact) mass is 262 g/mol. The summed E-state index contributed by atoms with van der Waals surface area (Å²) in [6.45, 7) is 1.87. The van der Waals surface area contributed by atoms with Crippen LogP contribution in [0.15, 0.2) is 29.9 Å². The molecule has 0 bridgehead atoms. The molecule has 0 aliphatic rings. The number of hydrogen-bond donors (Lipinski definition) is 2. The predicted molar refractivity (Wildman–Crippen MR) is 68.3 cm³/mol. The van der Waals surface area contributed by atoms with E-state index >= 15 is 0 Å². The molecule has 2 aromatic rings. The van der Waals surface area contributed by atoms with Crippen LogP contribution in [0.25, 0.3) is 0 Å². The molecule has 0 fully saturated rings. The van der Waals surface area contributed by atoms with Gasteiger partial charge in [0, 0.05) is 17.8 Å².